The summed E-state index contributed by atoms with van der Waals surface area (Å²) in [5.74, 6) is 0. The third-order valence-corrected chi connectivity index (χ3v) is 4.47. The van der Waals surface area contributed by atoms with Crippen LogP contribution in [0.2, 0.25) is 0 Å². The van der Waals surface area contributed by atoms with Crippen LogP contribution in [0.15, 0.2) is 24.3 Å². The molecule has 0 aliphatic carbocycles. The highest BCUT2D eigenvalue weighted by molar-refractivity contribution is 5.29. The van der Waals surface area contributed by atoms with Gasteiger partial charge in [-0.3, -0.25) is 4.90 Å². The summed E-state index contributed by atoms with van der Waals surface area (Å²) < 4.78 is 5.61. The van der Waals surface area contributed by atoms with Gasteiger partial charge in [-0.15, -0.1) is 0 Å². The van der Waals surface area contributed by atoms with Gasteiger partial charge < -0.3 is 9.84 Å². The average Bonchev–Trinajstić information content (AvgIpc) is 2.31. The SMILES string of the molecule is Cc1cccc(C2(O)CC3COCC(C2)N3C)c1. The molecule has 0 spiro atoms. The Kier molecular flexibility index (Phi) is 2.93. The average molecular weight is 247 g/mol. The van der Waals surface area contributed by atoms with Crippen molar-refractivity contribution in [1.29, 1.82) is 0 Å². The minimum absolute atomic E-state index is 0.336. The minimum Gasteiger partial charge on any atom is -0.385 e. The number of aryl methyl sites for hydroxylation is 1. The number of piperidine rings is 1. The molecule has 0 saturated carbocycles. The predicted octanol–water partition coefficient (Wildman–Crippen LogP) is 1.68. The Labute approximate surface area is 108 Å². The lowest BCUT2D eigenvalue weighted by Crippen LogP contribution is -2.59. The van der Waals surface area contributed by atoms with Gasteiger partial charge in [0.15, 0.2) is 0 Å². The molecule has 1 N–H and O–H groups in total. The molecule has 3 heteroatoms. The summed E-state index contributed by atoms with van der Waals surface area (Å²) in [5.41, 5.74) is 1.59. The number of likely N-dealkylation sites (N-methyl/N-ethyl adjacent to an activating group) is 1. The van der Waals surface area contributed by atoms with Crippen LogP contribution in [0.3, 0.4) is 0 Å². The first-order chi connectivity index (χ1) is 8.58. The van der Waals surface area contributed by atoms with Crippen molar-refractivity contribution >= 4 is 0 Å². The molecular formula is C15H21NO2. The molecule has 2 atom stereocenters. The summed E-state index contributed by atoms with van der Waals surface area (Å²) >= 11 is 0. The second-order valence-electron chi connectivity index (χ2n) is 5.82. The second-order valence-corrected chi connectivity index (χ2v) is 5.82. The first-order valence-corrected chi connectivity index (χ1v) is 6.68. The van der Waals surface area contributed by atoms with Crippen LogP contribution >= 0.6 is 0 Å². The van der Waals surface area contributed by atoms with Crippen molar-refractivity contribution in [2.45, 2.75) is 37.5 Å². The van der Waals surface area contributed by atoms with Crippen LogP contribution < -0.4 is 0 Å². The zero-order valence-electron chi connectivity index (χ0n) is 11.1. The van der Waals surface area contributed by atoms with E-state index in [1.807, 2.05) is 6.07 Å². The molecule has 0 aromatic heterocycles. The molecule has 2 aliphatic heterocycles. The van der Waals surface area contributed by atoms with E-state index < -0.39 is 5.60 Å². The standard InChI is InChI=1S/C15H21NO2/c1-11-4-3-5-12(6-11)15(17)7-13-9-18-10-14(8-15)16(13)2/h3-6,13-14,17H,7-10H2,1-2H3. The van der Waals surface area contributed by atoms with Crippen molar-refractivity contribution in [3.63, 3.8) is 0 Å². The van der Waals surface area contributed by atoms with Gasteiger partial charge in [-0.05, 0) is 32.4 Å². The summed E-state index contributed by atoms with van der Waals surface area (Å²) in [6.45, 7) is 3.55. The summed E-state index contributed by atoms with van der Waals surface area (Å²) in [4.78, 5) is 2.37. The smallest absolute Gasteiger partial charge is 0.0928 e. The highest BCUT2D eigenvalue weighted by atomic mass is 16.5. The van der Waals surface area contributed by atoms with Crippen LogP contribution in [0.5, 0.6) is 0 Å². The zero-order chi connectivity index (χ0) is 12.8. The molecule has 1 aromatic carbocycles. The fourth-order valence-electron chi connectivity index (χ4n) is 3.31. The highest BCUT2D eigenvalue weighted by Crippen LogP contribution is 2.40. The van der Waals surface area contributed by atoms with Gasteiger partial charge in [-0.2, -0.15) is 0 Å². The normalized spacial score (nSPS) is 36.6. The van der Waals surface area contributed by atoms with E-state index in [1.165, 1.54) is 5.56 Å². The topological polar surface area (TPSA) is 32.7 Å². The maximum absolute atomic E-state index is 11.0. The van der Waals surface area contributed by atoms with E-state index in [1.54, 1.807) is 0 Å². The van der Waals surface area contributed by atoms with Crippen LogP contribution in [0.1, 0.15) is 24.0 Å². The number of rotatable bonds is 1. The van der Waals surface area contributed by atoms with Gasteiger partial charge in [0.05, 0.1) is 18.8 Å². The Morgan fingerprint density at radius 3 is 2.56 bits per heavy atom. The van der Waals surface area contributed by atoms with E-state index in [9.17, 15) is 5.11 Å². The Morgan fingerprint density at radius 2 is 1.94 bits per heavy atom. The first kappa shape index (κ1) is 12.2. The third kappa shape index (κ3) is 1.96. The molecule has 3 nitrogen and oxygen atoms in total. The van der Waals surface area contributed by atoms with E-state index in [2.05, 4.69) is 37.1 Å². The van der Waals surface area contributed by atoms with Gasteiger partial charge in [0.2, 0.25) is 0 Å². The summed E-state index contributed by atoms with van der Waals surface area (Å²) in [6, 6.07) is 8.95. The lowest BCUT2D eigenvalue weighted by Gasteiger charge is -2.50. The van der Waals surface area contributed by atoms with E-state index in [4.69, 9.17) is 4.74 Å². The molecular weight excluding hydrogens is 226 g/mol. The van der Waals surface area contributed by atoms with Gasteiger partial charge in [-0.1, -0.05) is 29.8 Å². The molecule has 2 aliphatic rings. The zero-order valence-corrected chi connectivity index (χ0v) is 11.1. The molecule has 0 radical (unpaired) electrons. The fourth-order valence-corrected chi connectivity index (χ4v) is 3.31. The van der Waals surface area contributed by atoms with Crippen molar-refractivity contribution in [2.75, 3.05) is 20.3 Å². The van der Waals surface area contributed by atoms with Crippen molar-refractivity contribution in [3.8, 4) is 0 Å². The molecule has 18 heavy (non-hydrogen) atoms. The van der Waals surface area contributed by atoms with Gasteiger partial charge >= 0.3 is 0 Å². The van der Waals surface area contributed by atoms with Gasteiger partial charge in [-0.25, -0.2) is 0 Å². The Morgan fingerprint density at radius 1 is 1.28 bits per heavy atom. The predicted molar refractivity (Wildman–Crippen MR) is 70.5 cm³/mol. The number of benzene rings is 1. The minimum atomic E-state index is -0.683. The molecule has 1 aromatic rings. The monoisotopic (exact) mass is 247 g/mol. The van der Waals surface area contributed by atoms with Gasteiger partial charge in [0, 0.05) is 12.1 Å². The Hall–Kier alpha value is -0.900. The van der Waals surface area contributed by atoms with E-state index in [0.29, 0.717) is 12.1 Å². The maximum atomic E-state index is 11.0. The van der Waals surface area contributed by atoms with E-state index in [-0.39, 0.29) is 0 Å². The Bertz CT molecular complexity index is 432. The molecule has 2 unspecified atom stereocenters. The quantitative estimate of drug-likeness (QED) is 0.819. The number of hydrogen-bond donors (Lipinski definition) is 1. The molecule has 3 rings (SSSR count). The number of hydrogen-bond acceptors (Lipinski definition) is 3. The van der Waals surface area contributed by atoms with Crippen LogP contribution in [-0.4, -0.2) is 42.4 Å². The summed E-state index contributed by atoms with van der Waals surface area (Å²) in [5, 5.41) is 11.0. The summed E-state index contributed by atoms with van der Waals surface area (Å²) in [6.07, 6.45) is 1.53. The molecule has 2 saturated heterocycles. The number of morpholine rings is 1. The van der Waals surface area contributed by atoms with Crippen LogP contribution in [0.4, 0.5) is 0 Å². The lowest BCUT2D eigenvalue weighted by molar-refractivity contribution is -0.137. The maximum Gasteiger partial charge on any atom is 0.0928 e. The molecule has 2 bridgehead atoms. The van der Waals surface area contributed by atoms with Crippen LogP contribution in [0.25, 0.3) is 0 Å². The van der Waals surface area contributed by atoms with Crippen LogP contribution in [0, 0.1) is 6.92 Å². The van der Waals surface area contributed by atoms with Crippen molar-refractivity contribution in [2.24, 2.45) is 0 Å². The lowest BCUT2D eigenvalue weighted by atomic mass is 9.77. The van der Waals surface area contributed by atoms with Crippen molar-refractivity contribution < 1.29 is 9.84 Å². The number of nitrogens with zero attached hydrogens (tertiary/aromatic N) is 1. The number of ether oxygens (including phenoxy) is 1. The first-order valence-electron chi connectivity index (χ1n) is 6.68. The third-order valence-electron chi connectivity index (χ3n) is 4.47. The number of fused-ring (bicyclic) bond motifs is 2. The van der Waals surface area contributed by atoms with E-state index >= 15 is 0 Å². The van der Waals surface area contributed by atoms with Crippen molar-refractivity contribution in [1.82, 2.24) is 4.90 Å². The summed E-state index contributed by atoms with van der Waals surface area (Å²) in [7, 11) is 2.15. The molecule has 2 fully saturated rings. The number of aliphatic hydroxyl groups is 1. The van der Waals surface area contributed by atoms with E-state index in [0.717, 1.165) is 31.6 Å². The second kappa shape index (κ2) is 4.34. The fraction of sp³-hybridized carbons (Fsp3) is 0.600. The van der Waals surface area contributed by atoms with Gasteiger partial charge in [0.25, 0.3) is 0 Å². The molecule has 0 amide bonds. The van der Waals surface area contributed by atoms with Crippen molar-refractivity contribution in [3.05, 3.63) is 35.4 Å². The van der Waals surface area contributed by atoms with Crippen LogP contribution in [-0.2, 0) is 10.3 Å². The largest absolute Gasteiger partial charge is 0.385 e. The van der Waals surface area contributed by atoms with Gasteiger partial charge in [0.1, 0.15) is 0 Å². The highest BCUT2D eigenvalue weighted by Gasteiger charge is 2.45. The molecule has 2 heterocycles. The molecule has 98 valence electrons. The Balaban J connectivity index is 1.92.